The fourth-order valence-corrected chi connectivity index (χ4v) is 0.893. The summed E-state index contributed by atoms with van der Waals surface area (Å²) < 4.78 is 1.72. The number of aryl methyl sites for hydroxylation is 1. The highest BCUT2D eigenvalue weighted by molar-refractivity contribution is 5.77. The molecule has 0 spiro atoms. The molecule has 0 bridgehead atoms. The summed E-state index contributed by atoms with van der Waals surface area (Å²) in [5.74, 6) is -0.126. The van der Waals surface area contributed by atoms with Gasteiger partial charge in [-0.15, -0.1) is 5.10 Å². The second-order valence-electron chi connectivity index (χ2n) is 2.57. The summed E-state index contributed by atoms with van der Waals surface area (Å²) in [6.45, 7) is 1.42. The highest BCUT2D eigenvalue weighted by Gasteiger charge is 1.95. The molecule has 0 aliphatic rings. The fraction of sp³-hybridized carbons (Fsp3) is 0.571. The van der Waals surface area contributed by atoms with E-state index in [-0.39, 0.29) is 12.5 Å². The van der Waals surface area contributed by atoms with Crippen LogP contribution in [0.3, 0.4) is 0 Å². The van der Waals surface area contributed by atoms with E-state index in [0.29, 0.717) is 6.54 Å². The van der Waals surface area contributed by atoms with Crippen molar-refractivity contribution < 1.29 is 4.79 Å². The third-order valence-corrected chi connectivity index (χ3v) is 1.54. The summed E-state index contributed by atoms with van der Waals surface area (Å²) in [6, 6.07) is 0. The number of rotatable bonds is 5. The Hall–Kier alpha value is -1.43. The number of aromatic nitrogens is 3. The molecule has 3 N–H and O–H groups in total. The molecule has 13 heavy (non-hydrogen) atoms. The average molecular weight is 183 g/mol. The number of nitrogens with zero attached hydrogens (tertiary/aromatic N) is 3. The normalized spacial score (nSPS) is 9.92. The van der Waals surface area contributed by atoms with Gasteiger partial charge in [-0.1, -0.05) is 5.21 Å². The van der Waals surface area contributed by atoms with Crippen molar-refractivity contribution in [3.05, 3.63) is 12.4 Å². The molecule has 0 aliphatic carbocycles. The van der Waals surface area contributed by atoms with Gasteiger partial charge in [0.2, 0.25) is 5.91 Å². The van der Waals surface area contributed by atoms with Crippen molar-refractivity contribution in [3.63, 3.8) is 0 Å². The number of nitrogens with two attached hydrogens (primary N) is 1. The number of hydrogen-bond donors (Lipinski definition) is 2. The maximum Gasteiger partial charge on any atom is 0.233 e. The molecule has 1 amide bonds. The van der Waals surface area contributed by atoms with Gasteiger partial charge >= 0.3 is 0 Å². The number of carbonyl (C=O) groups excluding carboxylic acids is 1. The highest BCUT2D eigenvalue weighted by Crippen LogP contribution is 1.85. The smallest absolute Gasteiger partial charge is 0.233 e. The molecule has 1 rings (SSSR count). The first-order chi connectivity index (χ1) is 6.33. The summed E-state index contributed by atoms with van der Waals surface area (Å²) in [5, 5.41) is 10.1. The Morgan fingerprint density at radius 2 is 2.46 bits per heavy atom. The third-order valence-electron chi connectivity index (χ3n) is 1.54. The van der Waals surface area contributed by atoms with Gasteiger partial charge in [0.05, 0.1) is 12.7 Å². The molecule has 0 atom stereocenters. The van der Waals surface area contributed by atoms with Crippen molar-refractivity contribution >= 4 is 5.91 Å². The molecule has 0 saturated carbocycles. The van der Waals surface area contributed by atoms with Crippen LogP contribution in [0.4, 0.5) is 0 Å². The molecule has 0 aromatic carbocycles. The Labute approximate surface area is 76.1 Å². The quantitative estimate of drug-likeness (QED) is 0.558. The zero-order valence-electron chi connectivity index (χ0n) is 7.31. The van der Waals surface area contributed by atoms with Gasteiger partial charge in [0.25, 0.3) is 0 Å². The van der Waals surface area contributed by atoms with Crippen LogP contribution in [-0.4, -0.2) is 34.0 Å². The predicted molar refractivity (Wildman–Crippen MR) is 46.7 cm³/mol. The van der Waals surface area contributed by atoms with Gasteiger partial charge in [-0.05, 0) is 6.42 Å². The van der Waals surface area contributed by atoms with Gasteiger partial charge in [-0.2, -0.15) is 0 Å². The van der Waals surface area contributed by atoms with E-state index in [9.17, 15) is 4.79 Å². The molecule has 6 nitrogen and oxygen atoms in total. The summed E-state index contributed by atoms with van der Waals surface area (Å²) >= 11 is 0. The molecule has 6 heteroatoms. The molecule has 1 aromatic heterocycles. The van der Waals surface area contributed by atoms with E-state index >= 15 is 0 Å². The maximum absolute atomic E-state index is 10.7. The minimum absolute atomic E-state index is 0.0450. The molecule has 0 radical (unpaired) electrons. The number of hydrogen-bond acceptors (Lipinski definition) is 4. The first-order valence-corrected chi connectivity index (χ1v) is 4.14. The standard InChI is InChI=1S/C7H13N5O/c8-6-7(13)9-2-1-4-12-5-3-10-11-12/h3,5H,1-2,4,6,8H2,(H,9,13). The summed E-state index contributed by atoms with van der Waals surface area (Å²) in [5.41, 5.74) is 5.11. The zero-order chi connectivity index (χ0) is 9.52. The van der Waals surface area contributed by atoms with Crippen LogP contribution in [-0.2, 0) is 11.3 Å². The Balaban J connectivity index is 2.05. The SMILES string of the molecule is NCC(=O)NCCCn1ccnn1. The fourth-order valence-electron chi connectivity index (χ4n) is 0.893. The summed E-state index contributed by atoms with van der Waals surface area (Å²) in [7, 11) is 0. The van der Waals surface area contributed by atoms with Crippen LogP contribution < -0.4 is 11.1 Å². The van der Waals surface area contributed by atoms with Crippen LogP contribution in [0, 0.1) is 0 Å². The topological polar surface area (TPSA) is 85.8 Å². The Morgan fingerprint density at radius 3 is 3.08 bits per heavy atom. The lowest BCUT2D eigenvalue weighted by Gasteiger charge is -2.02. The molecule has 0 fully saturated rings. The zero-order valence-corrected chi connectivity index (χ0v) is 7.31. The lowest BCUT2D eigenvalue weighted by molar-refractivity contribution is -0.119. The first-order valence-electron chi connectivity index (χ1n) is 4.14. The predicted octanol–water partition coefficient (Wildman–Crippen LogP) is -1.26. The third kappa shape index (κ3) is 3.66. The summed E-state index contributed by atoms with van der Waals surface area (Å²) in [4.78, 5) is 10.7. The monoisotopic (exact) mass is 183 g/mol. The molecule has 1 heterocycles. The van der Waals surface area contributed by atoms with E-state index in [1.807, 2.05) is 0 Å². The van der Waals surface area contributed by atoms with E-state index < -0.39 is 0 Å². The molecule has 1 aromatic rings. The van der Waals surface area contributed by atoms with Crippen LogP contribution in [0.25, 0.3) is 0 Å². The van der Waals surface area contributed by atoms with E-state index in [0.717, 1.165) is 13.0 Å². The van der Waals surface area contributed by atoms with Crippen LogP contribution in [0.5, 0.6) is 0 Å². The van der Waals surface area contributed by atoms with Crippen molar-refractivity contribution in [3.8, 4) is 0 Å². The van der Waals surface area contributed by atoms with Gasteiger partial charge in [-0.25, -0.2) is 0 Å². The van der Waals surface area contributed by atoms with Crippen molar-refractivity contribution in [1.29, 1.82) is 0 Å². The molecular formula is C7H13N5O. The van der Waals surface area contributed by atoms with E-state index in [2.05, 4.69) is 15.6 Å². The highest BCUT2D eigenvalue weighted by atomic mass is 16.1. The minimum Gasteiger partial charge on any atom is -0.355 e. The molecule has 0 aliphatic heterocycles. The van der Waals surface area contributed by atoms with Crippen molar-refractivity contribution in [2.24, 2.45) is 5.73 Å². The molecular weight excluding hydrogens is 170 g/mol. The average Bonchev–Trinajstić information content (AvgIpc) is 2.64. The van der Waals surface area contributed by atoms with E-state index in [1.165, 1.54) is 0 Å². The number of nitrogens with one attached hydrogen (secondary N) is 1. The Morgan fingerprint density at radius 1 is 1.62 bits per heavy atom. The molecule has 0 saturated heterocycles. The van der Waals surface area contributed by atoms with E-state index in [4.69, 9.17) is 5.73 Å². The first kappa shape index (κ1) is 9.66. The van der Waals surface area contributed by atoms with Gasteiger partial charge in [0.1, 0.15) is 0 Å². The lowest BCUT2D eigenvalue weighted by atomic mass is 10.4. The van der Waals surface area contributed by atoms with Gasteiger partial charge in [-0.3, -0.25) is 9.48 Å². The van der Waals surface area contributed by atoms with Crippen molar-refractivity contribution in [2.45, 2.75) is 13.0 Å². The summed E-state index contributed by atoms with van der Waals surface area (Å²) in [6.07, 6.45) is 4.23. The van der Waals surface area contributed by atoms with Crippen molar-refractivity contribution in [1.82, 2.24) is 20.3 Å². The van der Waals surface area contributed by atoms with E-state index in [1.54, 1.807) is 17.1 Å². The minimum atomic E-state index is -0.126. The van der Waals surface area contributed by atoms with Gasteiger partial charge in [0, 0.05) is 19.3 Å². The largest absolute Gasteiger partial charge is 0.355 e. The maximum atomic E-state index is 10.7. The van der Waals surface area contributed by atoms with Crippen LogP contribution in [0.2, 0.25) is 0 Å². The molecule has 72 valence electrons. The number of amides is 1. The Kier molecular flexibility index (Phi) is 3.90. The Bertz CT molecular complexity index is 245. The lowest BCUT2D eigenvalue weighted by Crippen LogP contribution is -2.31. The van der Waals surface area contributed by atoms with Crippen LogP contribution in [0.15, 0.2) is 12.4 Å². The second kappa shape index (κ2) is 5.26. The van der Waals surface area contributed by atoms with Gasteiger partial charge in [0.15, 0.2) is 0 Å². The molecule has 0 unspecified atom stereocenters. The van der Waals surface area contributed by atoms with Crippen molar-refractivity contribution in [2.75, 3.05) is 13.1 Å². The van der Waals surface area contributed by atoms with Crippen LogP contribution >= 0.6 is 0 Å². The van der Waals surface area contributed by atoms with Gasteiger partial charge < -0.3 is 11.1 Å². The second-order valence-corrected chi connectivity index (χ2v) is 2.57. The number of carbonyl (C=O) groups is 1. The van der Waals surface area contributed by atoms with Crippen LogP contribution in [0.1, 0.15) is 6.42 Å².